The summed E-state index contributed by atoms with van der Waals surface area (Å²) in [5.41, 5.74) is 1.19. The molecule has 0 fully saturated rings. The van der Waals surface area contributed by atoms with Crippen LogP contribution in [-0.4, -0.2) is 36.6 Å². The summed E-state index contributed by atoms with van der Waals surface area (Å²) in [6, 6.07) is 3.94. The highest BCUT2D eigenvalue weighted by atomic mass is 16.5. The Bertz CT molecular complexity index is 327. The van der Waals surface area contributed by atoms with Crippen LogP contribution in [-0.2, 0) is 16.1 Å². The summed E-state index contributed by atoms with van der Waals surface area (Å²) in [7, 11) is 3.40. The van der Waals surface area contributed by atoms with Gasteiger partial charge in [-0.2, -0.15) is 0 Å². The van der Waals surface area contributed by atoms with Crippen LogP contribution in [0.2, 0.25) is 0 Å². The molecule has 0 saturated heterocycles. The quantitative estimate of drug-likeness (QED) is 0.705. The van der Waals surface area contributed by atoms with E-state index in [4.69, 9.17) is 0 Å². The lowest BCUT2D eigenvalue weighted by atomic mass is 10.1. The first kappa shape index (κ1) is 12.6. The second-order valence-electron chi connectivity index (χ2n) is 3.98. The standard InChI is InChI=1S/C12H18N2O2/c1-10(12(15)16-3)8-14(2)9-11-4-6-13-7-5-11/h4-7,10H,8-9H2,1-3H3. The van der Waals surface area contributed by atoms with E-state index in [0.29, 0.717) is 6.54 Å². The molecule has 16 heavy (non-hydrogen) atoms. The van der Waals surface area contributed by atoms with E-state index in [2.05, 4.69) is 14.6 Å². The van der Waals surface area contributed by atoms with Crippen molar-refractivity contribution >= 4 is 5.97 Å². The highest BCUT2D eigenvalue weighted by Gasteiger charge is 2.15. The van der Waals surface area contributed by atoms with Crippen LogP contribution in [0, 0.1) is 5.92 Å². The topological polar surface area (TPSA) is 42.4 Å². The highest BCUT2D eigenvalue weighted by molar-refractivity contribution is 5.72. The number of carbonyl (C=O) groups is 1. The minimum atomic E-state index is -0.165. The molecule has 0 spiro atoms. The van der Waals surface area contributed by atoms with Crippen LogP contribution in [0.15, 0.2) is 24.5 Å². The number of nitrogens with zero attached hydrogens (tertiary/aromatic N) is 2. The third kappa shape index (κ3) is 3.98. The molecule has 0 bridgehead atoms. The molecule has 4 nitrogen and oxygen atoms in total. The molecule has 0 aliphatic heterocycles. The van der Waals surface area contributed by atoms with Gasteiger partial charge in [-0.15, -0.1) is 0 Å². The van der Waals surface area contributed by atoms with Gasteiger partial charge < -0.3 is 9.64 Å². The predicted octanol–water partition coefficient (Wildman–Crippen LogP) is 1.32. The molecular weight excluding hydrogens is 204 g/mol. The van der Waals surface area contributed by atoms with Crippen molar-refractivity contribution < 1.29 is 9.53 Å². The van der Waals surface area contributed by atoms with Crippen molar-refractivity contribution in [2.24, 2.45) is 5.92 Å². The SMILES string of the molecule is COC(=O)C(C)CN(C)Cc1ccncc1. The summed E-state index contributed by atoms with van der Waals surface area (Å²) in [6.07, 6.45) is 3.54. The Hall–Kier alpha value is -1.42. The van der Waals surface area contributed by atoms with Crippen LogP contribution in [0.25, 0.3) is 0 Å². The van der Waals surface area contributed by atoms with E-state index in [-0.39, 0.29) is 11.9 Å². The van der Waals surface area contributed by atoms with Gasteiger partial charge in [0.1, 0.15) is 0 Å². The Kier molecular flexibility index (Phi) is 4.92. The van der Waals surface area contributed by atoms with E-state index in [1.165, 1.54) is 12.7 Å². The second kappa shape index (κ2) is 6.23. The summed E-state index contributed by atoms with van der Waals surface area (Å²) < 4.78 is 4.69. The molecule has 1 heterocycles. The van der Waals surface area contributed by atoms with Gasteiger partial charge in [0.15, 0.2) is 0 Å². The molecule has 0 aromatic carbocycles. The Morgan fingerprint density at radius 2 is 2.12 bits per heavy atom. The number of hydrogen-bond acceptors (Lipinski definition) is 4. The van der Waals surface area contributed by atoms with Crippen molar-refractivity contribution in [3.05, 3.63) is 30.1 Å². The molecule has 0 aliphatic rings. The van der Waals surface area contributed by atoms with E-state index in [1.807, 2.05) is 26.1 Å². The number of pyridine rings is 1. The number of aromatic nitrogens is 1. The van der Waals surface area contributed by atoms with Crippen LogP contribution < -0.4 is 0 Å². The predicted molar refractivity (Wildman–Crippen MR) is 61.8 cm³/mol. The minimum absolute atomic E-state index is 0.100. The van der Waals surface area contributed by atoms with E-state index < -0.39 is 0 Å². The van der Waals surface area contributed by atoms with Crippen LogP contribution in [0.3, 0.4) is 0 Å². The zero-order valence-corrected chi connectivity index (χ0v) is 10.0. The minimum Gasteiger partial charge on any atom is -0.469 e. The molecule has 1 aromatic heterocycles. The molecule has 0 aliphatic carbocycles. The van der Waals surface area contributed by atoms with Gasteiger partial charge in [-0.1, -0.05) is 6.92 Å². The summed E-state index contributed by atoms with van der Waals surface area (Å²) in [4.78, 5) is 17.3. The maximum atomic E-state index is 11.2. The summed E-state index contributed by atoms with van der Waals surface area (Å²) in [5, 5.41) is 0. The number of carbonyl (C=O) groups excluding carboxylic acids is 1. The number of ether oxygens (including phenoxy) is 1. The average molecular weight is 222 g/mol. The zero-order valence-electron chi connectivity index (χ0n) is 10.0. The summed E-state index contributed by atoms with van der Waals surface area (Å²) in [6.45, 7) is 3.37. The monoisotopic (exact) mass is 222 g/mol. The Balaban J connectivity index is 2.42. The van der Waals surface area contributed by atoms with Gasteiger partial charge in [0, 0.05) is 25.5 Å². The molecule has 1 atom stereocenters. The fourth-order valence-electron chi connectivity index (χ4n) is 1.61. The molecular formula is C12H18N2O2. The third-order valence-corrected chi connectivity index (χ3v) is 2.39. The first-order chi connectivity index (χ1) is 7.63. The Labute approximate surface area is 96.2 Å². The van der Waals surface area contributed by atoms with E-state index in [9.17, 15) is 4.79 Å². The van der Waals surface area contributed by atoms with Crippen LogP contribution in [0.5, 0.6) is 0 Å². The van der Waals surface area contributed by atoms with Gasteiger partial charge in [0.25, 0.3) is 0 Å². The van der Waals surface area contributed by atoms with Gasteiger partial charge in [0.05, 0.1) is 13.0 Å². The molecule has 1 aromatic rings. The van der Waals surface area contributed by atoms with Crippen molar-refractivity contribution in [3.63, 3.8) is 0 Å². The first-order valence-corrected chi connectivity index (χ1v) is 5.28. The Morgan fingerprint density at radius 1 is 1.50 bits per heavy atom. The summed E-state index contributed by atoms with van der Waals surface area (Å²) >= 11 is 0. The lowest BCUT2D eigenvalue weighted by Gasteiger charge is -2.19. The molecule has 0 N–H and O–H groups in total. The van der Waals surface area contributed by atoms with Crippen LogP contribution >= 0.6 is 0 Å². The molecule has 0 amide bonds. The molecule has 0 saturated carbocycles. The van der Waals surface area contributed by atoms with Crippen molar-refractivity contribution in [2.75, 3.05) is 20.7 Å². The molecule has 4 heteroatoms. The maximum Gasteiger partial charge on any atom is 0.309 e. The largest absolute Gasteiger partial charge is 0.469 e. The van der Waals surface area contributed by atoms with E-state index in [0.717, 1.165) is 6.54 Å². The van der Waals surface area contributed by atoms with Gasteiger partial charge in [-0.3, -0.25) is 9.78 Å². The molecule has 88 valence electrons. The van der Waals surface area contributed by atoms with Crippen LogP contribution in [0.1, 0.15) is 12.5 Å². The number of rotatable bonds is 5. The van der Waals surface area contributed by atoms with Gasteiger partial charge in [-0.25, -0.2) is 0 Å². The van der Waals surface area contributed by atoms with Crippen molar-refractivity contribution in [3.8, 4) is 0 Å². The fraction of sp³-hybridized carbons (Fsp3) is 0.500. The fourth-order valence-corrected chi connectivity index (χ4v) is 1.61. The smallest absolute Gasteiger partial charge is 0.309 e. The van der Waals surface area contributed by atoms with Crippen molar-refractivity contribution in [1.29, 1.82) is 0 Å². The second-order valence-corrected chi connectivity index (χ2v) is 3.98. The van der Waals surface area contributed by atoms with Gasteiger partial charge >= 0.3 is 5.97 Å². The lowest BCUT2D eigenvalue weighted by molar-refractivity contribution is -0.145. The van der Waals surface area contributed by atoms with Crippen LogP contribution in [0.4, 0.5) is 0 Å². The molecule has 0 radical (unpaired) electrons. The third-order valence-electron chi connectivity index (χ3n) is 2.39. The Morgan fingerprint density at radius 3 is 2.69 bits per heavy atom. The van der Waals surface area contributed by atoms with Crippen molar-refractivity contribution in [2.45, 2.75) is 13.5 Å². The zero-order chi connectivity index (χ0) is 12.0. The normalized spacial score (nSPS) is 12.5. The number of methoxy groups -OCH3 is 1. The van der Waals surface area contributed by atoms with Crippen molar-refractivity contribution in [1.82, 2.24) is 9.88 Å². The van der Waals surface area contributed by atoms with Gasteiger partial charge in [0.2, 0.25) is 0 Å². The van der Waals surface area contributed by atoms with E-state index in [1.54, 1.807) is 12.4 Å². The lowest BCUT2D eigenvalue weighted by Crippen LogP contribution is -2.29. The molecule has 1 unspecified atom stereocenters. The average Bonchev–Trinajstić information content (AvgIpc) is 2.29. The maximum absolute atomic E-state index is 11.2. The molecule has 1 rings (SSSR count). The number of hydrogen-bond donors (Lipinski definition) is 0. The van der Waals surface area contributed by atoms with Gasteiger partial charge in [-0.05, 0) is 24.7 Å². The number of esters is 1. The summed E-state index contributed by atoms with van der Waals surface area (Å²) in [5.74, 6) is -0.265. The first-order valence-electron chi connectivity index (χ1n) is 5.28. The van der Waals surface area contributed by atoms with E-state index >= 15 is 0 Å². The highest BCUT2D eigenvalue weighted by Crippen LogP contribution is 2.05.